The molecule has 0 bridgehead atoms. The van der Waals surface area contributed by atoms with Crippen molar-refractivity contribution in [1.82, 2.24) is 15.1 Å². The van der Waals surface area contributed by atoms with E-state index in [-0.39, 0.29) is 0 Å². The number of aromatic nitrogens is 2. The second kappa shape index (κ2) is 6.12. The van der Waals surface area contributed by atoms with Crippen LogP contribution in [0.15, 0.2) is 60.9 Å². The molecule has 0 aliphatic carbocycles. The second-order valence-electron chi connectivity index (χ2n) is 4.84. The summed E-state index contributed by atoms with van der Waals surface area (Å²) in [6.07, 6.45) is 3.90. The van der Waals surface area contributed by atoms with Gasteiger partial charge in [0.25, 0.3) is 0 Å². The summed E-state index contributed by atoms with van der Waals surface area (Å²) in [6.45, 7) is 0.795. The number of nitrogens with one attached hydrogen (secondary N) is 1. The van der Waals surface area contributed by atoms with Crippen molar-refractivity contribution in [1.29, 1.82) is 0 Å². The van der Waals surface area contributed by atoms with Crippen LogP contribution in [-0.2, 0) is 6.54 Å². The summed E-state index contributed by atoms with van der Waals surface area (Å²) < 4.78 is 1.87. The molecule has 0 amide bonds. The largest absolute Gasteiger partial charge is 0.316 e. The van der Waals surface area contributed by atoms with Crippen molar-refractivity contribution in [2.45, 2.75) is 6.54 Å². The molecule has 106 valence electrons. The van der Waals surface area contributed by atoms with E-state index in [1.54, 1.807) is 0 Å². The summed E-state index contributed by atoms with van der Waals surface area (Å²) in [7, 11) is 1.94. The monoisotopic (exact) mass is 297 g/mol. The van der Waals surface area contributed by atoms with Crippen molar-refractivity contribution in [3.8, 4) is 16.8 Å². The third-order valence-electron chi connectivity index (χ3n) is 3.35. The number of para-hydroxylation sites is 1. The molecule has 21 heavy (non-hydrogen) atoms. The molecule has 2 aromatic carbocycles. The minimum absolute atomic E-state index is 0.734. The molecule has 0 aliphatic rings. The van der Waals surface area contributed by atoms with E-state index in [4.69, 9.17) is 11.6 Å². The standard InChI is InChI=1S/C17H16ClN3/c1-19-10-13-7-8-15(18)9-17(13)14-11-20-21(12-14)16-5-3-2-4-6-16/h2-9,11-12,19H,10H2,1H3. The summed E-state index contributed by atoms with van der Waals surface area (Å²) in [5, 5.41) is 8.36. The van der Waals surface area contributed by atoms with Crippen LogP contribution in [0.1, 0.15) is 5.56 Å². The fourth-order valence-corrected chi connectivity index (χ4v) is 2.52. The van der Waals surface area contributed by atoms with Gasteiger partial charge in [-0.15, -0.1) is 0 Å². The van der Waals surface area contributed by atoms with Crippen LogP contribution in [0.3, 0.4) is 0 Å². The lowest BCUT2D eigenvalue weighted by molar-refractivity contribution is 0.819. The molecular weight excluding hydrogens is 282 g/mol. The van der Waals surface area contributed by atoms with Crippen molar-refractivity contribution in [3.63, 3.8) is 0 Å². The second-order valence-corrected chi connectivity index (χ2v) is 5.28. The van der Waals surface area contributed by atoms with E-state index in [1.807, 2.05) is 72.7 Å². The quantitative estimate of drug-likeness (QED) is 0.791. The molecule has 0 radical (unpaired) electrons. The zero-order valence-electron chi connectivity index (χ0n) is 11.8. The average Bonchev–Trinajstić information content (AvgIpc) is 3.00. The lowest BCUT2D eigenvalue weighted by atomic mass is 10.0. The van der Waals surface area contributed by atoms with E-state index in [1.165, 1.54) is 5.56 Å². The fourth-order valence-electron chi connectivity index (χ4n) is 2.35. The fraction of sp³-hybridized carbons (Fsp3) is 0.118. The van der Waals surface area contributed by atoms with Crippen molar-refractivity contribution in [2.75, 3.05) is 7.05 Å². The van der Waals surface area contributed by atoms with Gasteiger partial charge in [-0.1, -0.05) is 35.9 Å². The molecule has 0 atom stereocenters. The van der Waals surface area contributed by atoms with Gasteiger partial charge >= 0.3 is 0 Å². The first-order valence-corrected chi connectivity index (χ1v) is 7.19. The maximum Gasteiger partial charge on any atom is 0.0645 e. The minimum atomic E-state index is 0.734. The van der Waals surface area contributed by atoms with Crippen molar-refractivity contribution >= 4 is 11.6 Å². The molecule has 0 fully saturated rings. The summed E-state index contributed by atoms with van der Waals surface area (Å²) in [5.41, 5.74) is 4.42. The molecular formula is C17H16ClN3. The van der Waals surface area contributed by atoms with Crippen LogP contribution in [-0.4, -0.2) is 16.8 Å². The normalized spacial score (nSPS) is 10.8. The molecule has 3 nitrogen and oxygen atoms in total. The highest BCUT2D eigenvalue weighted by Crippen LogP contribution is 2.27. The lowest BCUT2D eigenvalue weighted by Crippen LogP contribution is -2.06. The first-order chi connectivity index (χ1) is 10.3. The molecule has 3 rings (SSSR count). The van der Waals surface area contributed by atoms with E-state index < -0.39 is 0 Å². The predicted molar refractivity (Wildman–Crippen MR) is 86.8 cm³/mol. The predicted octanol–water partition coefficient (Wildman–Crippen LogP) is 3.91. The average molecular weight is 298 g/mol. The van der Waals surface area contributed by atoms with Crippen LogP contribution in [0.5, 0.6) is 0 Å². The Balaban J connectivity index is 2.02. The SMILES string of the molecule is CNCc1ccc(Cl)cc1-c1cnn(-c2ccccc2)c1. The molecule has 0 unspecified atom stereocenters. The van der Waals surface area contributed by atoms with Crippen molar-refractivity contribution in [3.05, 3.63) is 71.5 Å². The van der Waals surface area contributed by atoms with Crippen LogP contribution in [0.2, 0.25) is 5.02 Å². The lowest BCUT2D eigenvalue weighted by Gasteiger charge is -2.08. The highest BCUT2D eigenvalue weighted by Gasteiger charge is 2.09. The molecule has 0 saturated heterocycles. The van der Waals surface area contributed by atoms with Gasteiger partial charge in [-0.3, -0.25) is 0 Å². The van der Waals surface area contributed by atoms with Crippen molar-refractivity contribution < 1.29 is 0 Å². The van der Waals surface area contributed by atoms with Crippen LogP contribution >= 0.6 is 11.6 Å². The van der Waals surface area contributed by atoms with Gasteiger partial charge in [0.05, 0.1) is 11.9 Å². The Morgan fingerprint density at radius 2 is 1.95 bits per heavy atom. The van der Waals surface area contributed by atoms with Gasteiger partial charge in [-0.25, -0.2) is 4.68 Å². The number of benzene rings is 2. The van der Waals surface area contributed by atoms with Gasteiger partial charge < -0.3 is 5.32 Å². The highest BCUT2D eigenvalue weighted by atomic mass is 35.5. The zero-order valence-corrected chi connectivity index (χ0v) is 12.5. The van der Waals surface area contributed by atoms with E-state index >= 15 is 0 Å². The van der Waals surface area contributed by atoms with Crippen LogP contribution in [0.25, 0.3) is 16.8 Å². The van der Waals surface area contributed by atoms with Gasteiger partial charge in [0, 0.05) is 23.3 Å². The molecule has 1 N–H and O–H groups in total. The Bertz CT molecular complexity index is 735. The maximum atomic E-state index is 6.14. The Morgan fingerprint density at radius 3 is 2.71 bits per heavy atom. The van der Waals surface area contributed by atoms with E-state index in [0.29, 0.717) is 0 Å². The highest BCUT2D eigenvalue weighted by molar-refractivity contribution is 6.30. The smallest absolute Gasteiger partial charge is 0.0645 e. The van der Waals surface area contributed by atoms with Gasteiger partial charge in [0.15, 0.2) is 0 Å². The Labute approximate surface area is 129 Å². The van der Waals surface area contributed by atoms with E-state index in [9.17, 15) is 0 Å². The van der Waals surface area contributed by atoms with Crippen molar-refractivity contribution in [2.24, 2.45) is 0 Å². The molecule has 4 heteroatoms. The summed E-state index contributed by atoms with van der Waals surface area (Å²) in [5.74, 6) is 0. The first-order valence-electron chi connectivity index (χ1n) is 6.81. The molecule has 3 aromatic rings. The first kappa shape index (κ1) is 13.9. The third-order valence-corrected chi connectivity index (χ3v) is 3.59. The van der Waals surface area contributed by atoms with Gasteiger partial charge in [0.1, 0.15) is 0 Å². The molecule has 1 heterocycles. The van der Waals surface area contributed by atoms with Gasteiger partial charge in [-0.05, 0) is 42.4 Å². The minimum Gasteiger partial charge on any atom is -0.316 e. The number of halogens is 1. The Hall–Kier alpha value is -2.10. The Kier molecular flexibility index (Phi) is 4.04. The topological polar surface area (TPSA) is 29.9 Å². The Morgan fingerprint density at radius 1 is 1.14 bits per heavy atom. The summed E-state index contributed by atoms with van der Waals surface area (Å²) in [6, 6.07) is 16.0. The third kappa shape index (κ3) is 2.99. The summed E-state index contributed by atoms with van der Waals surface area (Å²) >= 11 is 6.14. The van der Waals surface area contributed by atoms with E-state index in [0.717, 1.165) is 28.4 Å². The number of hydrogen-bond donors (Lipinski definition) is 1. The zero-order chi connectivity index (χ0) is 14.7. The molecule has 0 saturated carbocycles. The van der Waals surface area contributed by atoms with Crippen LogP contribution < -0.4 is 5.32 Å². The number of rotatable bonds is 4. The molecule has 0 aliphatic heterocycles. The van der Waals surface area contributed by atoms with Gasteiger partial charge in [-0.2, -0.15) is 5.10 Å². The number of nitrogens with zero attached hydrogens (tertiary/aromatic N) is 2. The molecule has 1 aromatic heterocycles. The van der Waals surface area contributed by atoms with E-state index in [2.05, 4.69) is 10.4 Å². The summed E-state index contributed by atoms with van der Waals surface area (Å²) in [4.78, 5) is 0. The van der Waals surface area contributed by atoms with Crippen LogP contribution in [0, 0.1) is 0 Å². The van der Waals surface area contributed by atoms with Crippen LogP contribution in [0.4, 0.5) is 0 Å². The molecule has 0 spiro atoms. The maximum absolute atomic E-state index is 6.14. The number of hydrogen-bond acceptors (Lipinski definition) is 2. The van der Waals surface area contributed by atoms with Gasteiger partial charge in [0.2, 0.25) is 0 Å².